The Kier molecular flexibility index (Phi) is 5.70. The Morgan fingerprint density at radius 3 is 2.72 bits per heavy atom. The Bertz CT molecular complexity index is 417. The van der Waals surface area contributed by atoms with Gasteiger partial charge in [-0.05, 0) is 31.9 Å². The predicted molar refractivity (Wildman–Crippen MR) is 64.2 cm³/mol. The topological polar surface area (TPSA) is 78.5 Å². The summed E-state index contributed by atoms with van der Waals surface area (Å²) in [6.45, 7) is 2.62. The fraction of sp³-hybridized carbons (Fsp3) is 0.385. The molecule has 0 bridgehead atoms. The van der Waals surface area contributed by atoms with Crippen molar-refractivity contribution < 1.29 is 19.4 Å². The molecule has 1 aromatic carbocycles. The molecule has 0 aliphatic rings. The number of nitrogens with one attached hydrogen (secondary N) is 1. The molecular weight excluding hydrogens is 234 g/mol. The van der Waals surface area contributed by atoms with E-state index < -0.39 is 5.97 Å². The van der Waals surface area contributed by atoms with Gasteiger partial charge in [0.25, 0.3) is 5.91 Å². The minimum atomic E-state index is -1.11. The molecule has 0 radical (unpaired) electrons. The van der Waals surface area contributed by atoms with Gasteiger partial charge in [-0.2, -0.15) is 0 Å². The molecule has 98 valence electrons. The molecule has 0 heterocycles. The van der Waals surface area contributed by atoms with E-state index in [1.165, 1.54) is 0 Å². The smallest absolute Gasteiger partial charge is 0.255 e. The van der Waals surface area contributed by atoms with Crippen LogP contribution in [-0.2, 0) is 4.79 Å². The van der Waals surface area contributed by atoms with Crippen molar-refractivity contribution in [2.24, 2.45) is 0 Å². The number of para-hydroxylation sites is 1. The number of rotatable bonds is 7. The summed E-state index contributed by atoms with van der Waals surface area (Å²) in [7, 11) is 0. The van der Waals surface area contributed by atoms with Crippen molar-refractivity contribution in [2.75, 3.05) is 13.2 Å². The first-order valence-electron chi connectivity index (χ1n) is 5.85. The summed E-state index contributed by atoms with van der Waals surface area (Å²) < 4.78 is 5.34. The highest BCUT2D eigenvalue weighted by molar-refractivity contribution is 5.96. The number of carbonyl (C=O) groups is 2. The van der Waals surface area contributed by atoms with Crippen LogP contribution < -0.4 is 15.2 Å². The van der Waals surface area contributed by atoms with Crippen LogP contribution in [-0.4, -0.2) is 25.0 Å². The lowest BCUT2D eigenvalue weighted by Crippen LogP contribution is -2.27. The van der Waals surface area contributed by atoms with Gasteiger partial charge in [0.15, 0.2) is 0 Å². The van der Waals surface area contributed by atoms with E-state index in [4.69, 9.17) is 4.74 Å². The third-order valence-electron chi connectivity index (χ3n) is 2.27. The van der Waals surface area contributed by atoms with Crippen molar-refractivity contribution >= 4 is 11.9 Å². The Balaban J connectivity index is 2.53. The zero-order chi connectivity index (χ0) is 13.4. The van der Waals surface area contributed by atoms with E-state index in [9.17, 15) is 14.7 Å². The van der Waals surface area contributed by atoms with Crippen LogP contribution in [0.3, 0.4) is 0 Å². The van der Waals surface area contributed by atoms with E-state index in [0.717, 1.165) is 0 Å². The third kappa shape index (κ3) is 4.45. The minimum absolute atomic E-state index is 0.0621. The van der Waals surface area contributed by atoms with E-state index in [-0.39, 0.29) is 12.3 Å². The van der Waals surface area contributed by atoms with Crippen molar-refractivity contribution in [3.05, 3.63) is 29.8 Å². The second-order valence-corrected chi connectivity index (χ2v) is 3.66. The van der Waals surface area contributed by atoms with E-state index >= 15 is 0 Å². The number of benzene rings is 1. The van der Waals surface area contributed by atoms with Gasteiger partial charge in [0.05, 0.1) is 12.2 Å². The monoisotopic (exact) mass is 250 g/mol. The van der Waals surface area contributed by atoms with Gasteiger partial charge in [0.2, 0.25) is 0 Å². The lowest BCUT2D eigenvalue weighted by atomic mass is 10.2. The fourth-order valence-corrected chi connectivity index (χ4v) is 1.47. The summed E-state index contributed by atoms with van der Waals surface area (Å²) in [5, 5.41) is 12.9. The maximum atomic E-state index is 11.8. The molecule has 5 nitrogen and oxygen atoms in total. The maximum Gasteiger partial charge on any atom is 0.255 e. The molecule has 0 spiro atoms. The second kappa shape index (κ2) is 7.32. The Hall–Kier alpha value is -2.04. The van der Waals surface area contributed by atoms with Gasteiger partial charge in [-0.1, -0.05) is 12.1 Å². The zero-order valence-electron chi connectivity index (χ0n) is 10.3. The molecule has 0 saturated carbocycles. The van der Waals surface area contributed by atoms with Crippen LogP contribution in [0.25, 0.3) is 0 Å². The Morgan fingerprint density at radius 1 is 1.33 bits per heavy atom. The summed E-state index contributed by atoms with van der Waals surface area (Å²) in [6, 6.07) is 6.93. The van der Waals surface area contributed by atoms with Gasteiger partial charge >= 0.3 is 0 Å². The van der Waals surface area contributed by atoms with Crippen LogP contribution in [0.1, 0.15) is 30.1 Å². The number of aliphatic carboxylic acids is 1. The molecule has 18 heavy (non-hydrogen) atoms. The van der Waals surface area contributed by atoms with Crippen LogP contribution in [0.15, 0.2) is 24.3 Å². The average molecular weight is 250 g/mol. The Morgan fingerprint density at radius 2 is 2.06 bits per heavy atom. The van der Waals surface area contributed by atoms with E-state index in [0.29, 0.717) is 30.9 Å². The predicted octanol–water partition coefficient (Wildman–Crippen LogP) is 0.345. The van der Waals surface area contributed by atoms with Crippen molar-refractivity contribution in [2.45, 2.75) is 19.8 Å². The van der Waals surface area contributed by atoms with E-state index in [1.54, 1.807) is 24.3 Å². The van der Waals surface area contributed by atoms with Crippen LogP contribution >= 0.6 is 0 Å². The van der Waals surface area contributed by atoms with Gasteiger partial charge in [-0.15, -0.1) is 0 Å². The molecular formula is C13H16NO4-. The molecule has 1 aromatic rings. The first-order valence-corrected chi connectivity index (χ1v) is 5.85. The lowest BCUT2D eigenvalue weighted by Gasteiger charge is -2.10. The van der Waals surface area contributed by atoms with Gasteiger partial charge < -0.3 is 20.0 Å². The van der Waals surface area contributed by atoms with Gasteiger partial charge in [0.1, 0.15) is 5.75 Å². The standard InChI is InChI=1S/C13H17NO4/c1-2-18-11-7-4-3-6-10(11)13(17)14-9-5-8-12(15)16/h3-4,6-7H,2,5,8-9H2,1H3,(H,14,17)(H,15,16)/p-1. The largest absolute Gasteiger partial charge is 0.550 e. The summed E-state index contributed by atoms with van der Waals surface area (Å²) in [4.78, 5) is 22.0. The summed E-state index contributed by atoms with van der Waals surface area (Å²) in [5.41, 5.74) is 0.452. The van der Waals surface area contributed by atoms with Crippen molar-refractivity contribution in [1.82, 2.24) is 5.32 Å². The summed E-state index contributed by atoms with van der Waals surface area (Å²) in [6.07, 6.45) is 0.290. The number of hydrogen-bond donors (Lipinski definition) is 1. The van der Waals surface area contributed by atoms with Crippen LogP contribution in [0, 0.1) is 0 Å². The molecule has 0 aromatic heterocycles. The SMILES string of the molecule is CCOc1ccccc1C(=O)NCCCC(=O)[O-]. The summed E-state index contributed by atoms with van der Waals surface area (Å²) in [5.74, 6) is -0.853. The third-order valence-corrected chi connectivity index (χ3v) is 2.27. The molecule has 0 aliphatic heterocycles. The summed E-state index contributed by atoms with van der Waals surface area (Å²) >= 11 is 0. The molecule has 1 N–H and O–H groups in total. The highest BCUT2D eigenvalue weighted by atomic mass is 16.5. The number of carboxylic acids is 1. The average Bonchev–Trinajstić information content (AvgIpc) is 2.35. The molecule has 0 atom stereocenters. The number of hydrogen-bond acceptors (Lipinski definition) is 4. The highest BCUT2D eigenvalue weighted by Gasteiger charge is 2.10. The molecule has 5 heteroatoms. The minimum Gasteiger partial charge on any atom is -0.550 e. The van der Waals surface area contributed by atoms with Crippen molar-refractivity contribution in [3.8, 4) is 5.75 Å². The van der Waals surface area contributed by atoms with Crippen molar-refractivity contribution in [1.29, 1.82) is 0 Å². The zero-order valence-corrected chi connectivity index (χ0v) is 10.3. The molecule has 0 saturated heterocycles. The van der Waals surface area contributed by atoms with Gasteiger partial charge in [-0.3, -0.25) is 4.79 Å². The lowest BCUT2D eigenvalue weighted by molar-refractivity contribution is -0.305. The van der Waals surface area contributed by atoms with Gasteiger partial charge in [-0.25, -0.2) is 0 Å². The van der Waals surface area contributed by atoms with Crippen LogP contribution in [0.2, 0.25) is 0 Å². The Labute approximate surface area is 106 Å². The normalized spacial score (nSPS) is 9.83. The van der Waals surface area contributed by atoms with Crippen LogP contribution in [0.5, 0.6) is 5.75 Å². The van der Waals surface area contributed by atoms with Crippen LogP contribution in [0.4, 0.5) is 0 Å². The first kappa shape index (κ1) is 14.0. The van der Waals surface area contributed by atoms with Gasteiger partial charge in [0, 0.05) is 12.5 Å². The second-order valence-electron chi connectivity index (χ2n) is 3.66. The number of amides is 1. The molecule has 0 unspecified atom stereocenters. The number of carbonyl (C=O) groups excluding carboxylic acids is 2. The number of ether oxygens (including phenoxy) is 1. The van der Waals surface area contributed by atoms with E-state index in [2.05, 4.69) is 5.32 Å². The molecule has 1 amide bonds. The first-order chi connectivity index (χ1) is 8.65. The van der Waals surface area contributed by atoms with Crippen molar-refractivity contribution in [3.63, 3.8) is 0 Å². The quantitative estimate of drug-likeness (QED) is 0.708. The molecule has 0 aliphatic carbocycles. The fourth-order valence-electron chi connectivity index (χ4n) is 1.47. The molecule has 0 fully saturated rings. The van der Waals surface area contributed by atoms with E-state index in [1.807, 2.05) is 6.92 Å². The molecule has 1 rings (SSSR count). The maximum absolute atomic E-state index is 11.8. The highest BCUT2D eigenvalue weighted by Crippen LogP contribution is 2.17. The number of carboxylic acid groups (broad SMARTS) is 1.